The van der Waals surface area contributed by atoms with Crippen LogP contribution >= 0.6 is 23.2 Å². The van der Waals surface area contributed by atoms with Crippen molar-refractivity contribution < 1.29 is 0 Å². The van der Waals surface area contributed by atoms with Crippen LogP contribution in [0.4, 0.5) is 0 Å². The molecule has 0 amide bonds. The molecule has 1 atom stereocenters. The SMILES string of the molecule is CCNC(c1ncc(Cl)cc1Cl)c1nccn1CC. The summed E-state index contributed by atoms with van der Waals surface area (Å²) in [4.78, 5) is 8.76. The zero-order chi connectivity index (χ0) is 13.8. The van der Waals surface area contributed by atoms with Crippen molar-refractivity contribution in [1.29, 1.82) is 0 Å². The Bertz CT molecular complexity index is 553. The molecule has 2 aromatic heterocycles. The lowest BCUT2D eigenvalue weighted by atomic mass is 10.1. The van der Waals surface area contributed by atoms with E-state index < -0.39 is 0 Å². The molecule has 0 saturated carbocycles. The van der Waals surface area contributed by atoms with E-state index in [1.54, 1.807) is 18.5 Å². The first-order valence-corrected chi connectivity index (χ1v) is 6.98. The van der Waals surface area contributed by atoms with Crippen LogP contribution in [-0.2, 0) is 6.54 Å². The van der Waals surface area contributed by atoms with Gasteiger partial charge in [0, 0.05) is 25.1 Å². The number of hydrogen-bond donors (Lipinski definition) is 1. The molecule has 0 aliphatic heterocycles. The first kappa shape index (κ1) is 14.3. The van der Waals surface area contributed by atoms with Crippen molar-refractivity contribution in [1.82, 2.24) is 19.9 Å². The van der Waals surface area contributed by atoms with Crippen molar-refractivity contribution >= 4 is 23.2 Å². The van der Waals surface area contributed by atoms with E-state index in [1.165, 1.54) is 0 Å². The fourth-order valence-corrected chi connectivity index (χ4v) is 2.49. The second-order valence-corrected chi connectivity index (χ2v) is 4.93. The van der Waals surface area contributed by atoms with Crippen LogP contribution in [0.5, 0.6) is 0 Å². The molecule has 0 aromatic carbocycles. The maximum absolute atomic E-state index is 6.25. The standard InChI is InChI=1S/C13H16Cl2N4/c1-3-16-12(13-17-5-6-19(13)4-2)11-10(15)7-9(14)8-18-11/h5-8,12,16H,3-4H2,1-2H3. The normalized spacial score (nSPS) is 12.6. The molecule has 0 fully saturated rings. The van der Waals surface area contributed by atoms with Gasteiger partial charge in [0.15, 0.2) is 0 Å². The maximum atomic E-state index is 6.25. The Morgan fingerprint density at radius 1 is 1.32 bits per heavy atom. The molecule has 0 saturated heterocycles. The molecule has 0 aliphatic carbocycles. The number of aromatic nitrogens is 3. The average Bonchev–Trinajstić information content (AvgIpc) is 2.85. The fourth-order valence-electron chi connectivity index (χ4n) is 2.00. The molecule has 4 nitrogen and oxygen atoms in total. The molecule has 19 heavy (non-hydrogen) atoms. The summed E-state index contributed by atoms with van der Waals surface area (Å²) in [5.41, 5.74) is 0.744. The molecule has 2 heterocycles. The van der Waals surface area contributed by atoms with Crippen molar-refractivity contribution in [3.63, 3.8) is 0 Å². The zero-order valence-corrected chi connectivity index (χ0v) is 12.4. The van der Waals surface area contributed by atoms with E-state index in [0.29, 0.717) is 10.0 Å². The van der Waals surface area contributed by atoms with E-state index in [2.05, 4.69) is 26.8 Å². The second kappa shape index (κ2) is 6.37. The highest BCUT2D eigenvalue weighted by Crippen LogP contribution is 2.27. The summed E-state index contributed by atoms with van der Waals surface area (Å²) in [7, 11) is 0. The van der Waals surface area contributed by atoms with E-state index in [-0.39, 0.29) is 6.04 Å². The third-order valence-electron chi connectivity index (χ3n) is 2.86. The van der Waals surface area contributed by atoms with Gasteiger partial charge >= 0.3 is 0 Å². The van der Waals surface area contributed by atoms with Gasteiger partial charge in [-0.1, -0.05) is 30.1 Å². The van der Waals surface area contributed by atoms with Crippen molar-refractivity contribution in [3.05, 3.63) is 46.2 Å². The van der Waals surface area contributed by atoms with E-state index >= 15 is 0 Å². The van der Waals surface area contributed by atoms with Gasteiger partial charge in [0.05, 0.1) is 15.7 Å². The molecule has 0 aliphatic rings. The first-order valence-electron chi connectivity index (χ1n) is 6.22. The van der Waals surface area contributed by atoms with Gasteiger partial charge in [-0.2, -0.15) is 0 Å². The van der Waals surface area contributed by atoms with E-state index in [1.807, 2.05) is 13.1 Å². The highest BCUT2D eigenvalue weighted by molar-refractivity contribution is 6.34. The summed E-state index contributed by atoms with van der Waals surface area (Å²) >= 11 is 12.1. The van der Waals surface area contributed by atoms with Crippen LogP contribution in [0.1, 0.15) is 31.4 Å². The van der Waals surface area contributed by atoms with Crippen LogP contribution in [0.15, 0.2) is 24.7 Å². The van der Waals surface area contributed by atoms with Gasteiger partial charge in [0.1, 0.15) is 11.9 Å². The number of nitrogens with zero attached hydrogens (tertiary/aromatic N) is 3. The molecule has 6 heteroatoms. The van der Waals surface area contributed by atoms with Crippen LogP contribution in [0, 0.1) is 0 Å². The van der Waals surface area contributed by atoms with Crippen LogP contribution < -0.4 is 5.32 Å². The third-order valence-corrected chi connectivity index (χ3v) is 3.37. The number of pyridine rings is 1. The number of aryl methyl sites for hydroxylation is 1. The largest absolute Gasteiger partial charge is 0.334 e. The summed E-state index contributed by atoms with van der Waals surface area (Å²) in [6, 6.07) is 1.57. The summed E-state index contributed by atoms with van der Waals surface area (Å²) in [5, 5.41) is 4.44. The number of rotatable bonds is 5. The minimum absolute atomic E-state index is 0.135. The summed E-state index contributed by atoms with van der Waals surface area (Å²) in [6.07, 6.45) is 5.34. The van der Waals surface area contributed by atoms with Crippen LogP contribution in [0.25, 0.3) is 0 Å². The Balaban J connectivity index is 2.45. The number of imidazole rings is 1. The number of nitrogens with one attached hydrogen (secondary N) is 1. The van der Waals surface area contributed by atoms with Crippen molar-refractivity contribution in [2.75, 3.05) is 6.54 Å². The minimum Gasteiger partial charge on any atom is -0.334 e. The van der Waals surface area contributed by atoms with Gasteiger partial charge in [-0.05, 0) is 19.5 Å². The molecule has 2 rings (SSSR count). The topological polar surface area (TPSA) is 42.7 Å². The first-order chi connectivity index (χ1) is 9.17. The van der Waals surface area contributed by atoms with Gasteiger partial charge < -0.3 is 9.88 Å². The lowest BCUT2D eigenvalue weighted by molar-refractivity contribution is 0.549. The Labute approximate surface area is 122 Å². The van der Waals surface area contributed by atoms with Gasteiger partial charge in [-0.25, -0.2) is 4.98 Å². The Morgan fingerprint density at radius 3 is 2.74 bits per heavy atom. The molecular weight excluding hydrogens is 283 g/mol. The zero-order valence-electron chi connectivity index (χ0n) is 10.9. The van der Waals surface area contributed by atoms with Gasteiger partial charge in [0.2, 0.25) is 0 Å². The number of halogens is 2. The number of hydrogen-bond acceptors (Lipinski definition) is 3. The van der Waals surface area contributed by atoms with E-state index in [0.717, 1.165) is 24.6 Å². The molecule has 102 valence electrons. The highest BCUT2D eigenvalue weighted by Gasteiger charge is 2.21. The van der Waals surface area contributed by atoms with E-state index in [4.69, 9.17) is 23.2 Å². The van der Waals surface area contributed by atoms with Crippen molar-refractivity contribution in [2.24, 2.45) is 0 Å². The summed E-state index contributed by atoms with van der Waals surface area (Å²) in [6.45, 7) is 5.76. The average molecular weight is 299 g/mol. The van der Waals surface area contributed by atoms with Gasteiger partial charge in [-0.15, -0.1) is 0 Å². The second-order valence-electron chi connectivity index (χ2n) is 4.08. The van der Waals surface area contributed by atoms with Crippen LogP contribution in [-0.4, -0.2) is 21.1 Å². The maximum Gasteiger partial charge on any atom is 0.132 e. The predicted molar refractivity (Wildman–Crippen MR) is 77.7 cm³/mol. The molecule has 0 spiro atoms. The lowest BCUT2D eigenvalue weighted by Crippen LogP contribution is -2.26. The van der Waals surface area contributed by atoms with Gasteiger partial charge in [-0.3, -0.25) is 4.98 Å². The molecule has 2 aromatic rings. The minimum atomic E-state index is -0.135. The quantitative estimate of drug-likeness (QED) is 0.921. The molecule has 1 unspecified atom stereocenters. The monoisotopic (exact) mass is 298 g/mol. The Hall–Kier alpha value is -1.10. The predicted octanol–water partition coefficient (Wildman–Crippen LogP) is 3.30. The highest BCUT2D eigenvalue weighted by atomic mass is 35.5. The smallest absolute Gasteiger partial charge is 0.132 e. The lowest BCUT2D eigenvalue weighted by Gasteiger charge is -2.19. The Morgan fingerprint density at radius 2 is 2.11 bits per heavy atom. The van der Waals surface area contributed by atoms with Crippen molar-refractivity contribution in [2.45, 2.75) is 26.4 Å². The molecular formula is C13H16Cl2N4. The summed E-state index contributed by atoms with van der Waals surface area (Å²) in [5.74, 6) is 0.904. The molecule has 0 radical (unpaired) electrons. The van der Waals surface area contributed by atoms with Gasteiger partial charge in [0.25, 0.3) is 0 Å². The molecule has 0 bridgehead atoms. The van der Waals surface area contributed by atoms with Crippen molar-refractivity contribution in [3.8, 4) is 0 Å². The summed E-state index contributed by atoms with van der Waals surface area (Å²) < 4.78 is 2.07. The fraction of sp³-hybridized carbons (Fsp3) is 0.385. The Kier molecular flexibility index (Phi) is 4.80. The van der Waals surface area contributed by atoms with Crippen LogP contribution in [0.3, 0.4) is 0 Å². The molecule has 1 N–H and O–H groups in total. The third kappa shape index (κ3) is 3.08. The van der Waals surface area contributed by atoms with Crippen LogP contribution in [0.2, 0.25) is 10.0 Å². The van der Waals surface area contributed by atoms with E-state index in [9.17, 15) is 0 Å².